The first-order chi connectivity index (χ1) is 48.5. The molecule has 16 rings (SSSR count). The second kappa shape index (κ2) is 27.4. The maximum atomic E-state index is 2.76. The zero-order valence-corrected chi connectivity index (χ0v) is 57.1. The highest BCUT2D eigenvalue weighted by Crippen LogP contribution is 2.55. The lowest BCUT2D eigenvalue weighted by atomic mass is 9.33. The summed E-state index contributed by atoms with van der Waals surface area (Å²) < 4.78 is 2.59. The largest absolute Gasteiger partial charge is 0.310 e. The molecule has 13 aromatic carbocycles. The molecule has 478 valence electrons. The van der Waals surface area contributed by atoms with Crippen molar-refractivity contribution in [1.29, 1.82) is 0 Å². The van der Waals surface area contributed by atoms with E-state index in [1.165, 1.54) is 181 Å². The van der Waals surface area contributed by atoms with Crippen LogP contribution in [0.3, 0.4) is 0 Å². The Bertz CT molecular complexity index is 5010. The van der Waals surface area contributed by atoms with E-state index in [0.717, 1.165) is 62.7 Å². The number of aryl methyl sites for hydroxylation is 4. The number of rotatable bonds is 21. The lowest BCUT2D eigenvalue weighted by Gasteiger charge is -2.46. The van der Waals surface area contributed by atoms with Crippen LogP contribution < -0.4 is 26.2 Å². The van der Waals surface area contributed by atoms with Crippen LogP contribution in [-0.2, 0) is 25.7 Å². The number of hydrogen-bond acceptors (Lipinski definition) is 2. The summed E-state index contributed by atoms with van der Waals surface area (Å²) in [5.41, 5.74) is 34.4. The van der Waals surface area contributed by atoms with Gasteiger partial charge in [-0.25, -0.2) is 0 Å². The minimum absolute atomic E-state index is 0.139. The van der Waals surface area contributed by atoms with Crippen molar-refractivity contribution < 1.29 is 0 Å². The molecule has 98 heavy (non-hydrogen) atoms. The average Bonchev–Trinajstić information content (AvgIpc) is 0.746. The molecule has 0 N–H and O–H groups in total. The summed E-state index contributed by atoms with van der Waals surface area (Å²) in [6, 6.07) is 112. The van der Waals surface area contributed by atoms with Gasteiger partial charge in [0, 0.05) is 61.5 Å². The summed E-state index contributed by atoms with van der Waals surface area (Å²) in [4.78, 5) is 5.51. The van der Waals surface area contributed by atoms with Crippen molar-refractivity contribution >= 4 is 79.0 Å². The number of aromatic nitrogens is 1. The Kier molecular flexibility index (Phi) is 17.4. The fraction of sp³-hybridized carbons (Fsp3) is 0.170. The second-order valence-electron chi connectivity index (χ2n) is 27.3. The lowest BCUT2D eigenvalue weighted by molar-refractivity contribution is 0.794. The fourth-order valence-corrected chi connectivity index (χ4v) is 15.9. The molecule has 0 fully saturated rings. The van der Waals surface area contributed by atoms with Crippen LogP contribution in [-0.4, -0.2) is 11.3 Å². The zero-order valence-electron chi connectivity index (χ0n) is 57.1. The number of unbranched alkanes of at least 4 members (excludes halogenated alkanes) is 4. The molecule has 0 atom stereocenters. The van der Waals surface area contributed by atoms with Crippen molar-refractivity contribution in [1.82, 2.24) is 4.57 Å². The van der Waals surface area contributed by atoms with Crippen molar-refractivity contribution in [2.45, 2.75) is 105 Å². The van der Waals surface area contributed by atoms with E-state index in [2.05, 4.69) is 333 Å². The number of benzene rings is 13. The van der Waals surface area contributed by atoms with Gasteiger partial charge in [-0.2, -0.15) is 0 Å². The van der Waals surface area contributed by atoms with Gasteiger partial charge in [-0.05, 0) is 213 Å². The van der Waals surface area contributed by atoms with Crippen LogP contribution in [0, 0.1) is 0 Å². The number of anilines is 6. The Balaban J connectivity index is 1.06. The standard InChI is InChI=1S/C94H84BN3/c1-5-9-31-65-48-53-86-82(55-65)83-56-66(32-10-6-2)49-54-87(83)96(86)77-50-52-85-89(64-77)98(94-80(73-43-27-17-28-44-73)62-76(70-37-21-14-22-38-70)63-81(94)74-45-29-18-30-46-74)91-59-68(34-12-8-4)58-90-92(91)95(85)84-51-47-67(33-11-7-3)57-88(84)97(90)93-78(71-39-23-15-24-40-71)60-75(69-35-19-13-20-36-69)61-79(93)72-41-25-16-26-42-72/h13-30,35-64H,5-12,31-34H2,1-4H3. The van der Waals surface area contributed by atoms with Gasteiger partial charge in [0.1, 0.15) is 0 Å². The maximum absolute atomic E-state index is 2.76. The highest BCUT2D eigenvalue weighted by molar-refractivity contribution is 7.00. The van der Waals surface area contributed by atoms with Crippen LogP contribution in [0.25, 0.3) is 94.3 Å². The Hall–Kier alpha value is -10.7. The lowest BCUT2D eigenvalue weighted by Crippen LogP contribution is -2.61. The molecule has 2 aliphatic heterocycles. The van der Waals surface area contributed by atoms with E-state index in [1.54, 1.807) is 0 Å². The van der Waals surface area contributed by atoms with E-state index in [1.807, 2.05) is 0 Å². The topological polar surface area (TPSA) is 11.4 Å². The second-order valence-corrected chi connectivity index (χ2v) is 27.3. The number of hydrogen-bond donors (Lipinski definition) is 0. The quantitative estimate of drug-likeness (QED) is 0.0664. The van der Waals surface area contributed by atoms with Gasteiger partial charge >= 0.3 is 0 Å². The molecule has 0 saturated carbocycles. The van der Waals surface area contributed by atoms with E-state index >= 15 is 0 Å². The first-order valence-corrected chi connectivity index (χ1v) is 36.3. The van der Waals surface area contributed by atoms with E-state index in [9.17, 15) is 0 Å². The summed E-state index contributed by atoms with van der Waals surface area (Å²) in [7, 11) is 0. The van der Waals surface area contributed by atoms with Crippen LogP contribution >= 0.6 is 0 Å². The van der Waals surface area contributed by atoms with Gasteiger partial charge in [-0.1, -0.05) is 266 Å². The van der Waals surface area contributed by atoms with Gasteiger partial charge in [0.2, 0.25) is 0 Å². The molecule has 0 radical (unpaired) electrons. The van der Waals surface area contributed by atoms with Crippen molar-refractivity contribution in [2.75, 3.05) is 9.80 Å². The first-order valence-electron chi connectivity index (χ1n) is 36.3. The van der Waals surface area contributed by atoms with E-state index < -0.39 is 0 Å². The Morgan fingerprint density at radius 2 is 0.582 bits per heavy atom. The third-order valence-corrected chi connectivity index (χ3v) is 20.8. The van der Waals surface area contributed by atoms with Crippen LogP contribution in [0.2, 0.25) is 0 Å². The zero-order chi connectivity index (χ0) is 66.1. The maximum Gasteiger partial charge on any atom is 0.252 e. The number of fused-ring (bicyclic) bond motifs is 7. The molecule has 0 amide bonds. The smallest absolute Gasteiger partial charge is 0.252 e. The van der Waals surface area contributed by atoms with Crippen LogP contribution in [0.15, 0.2) is 291 Å². The van der Waals surface area contributed by atoms with Gasteiger partial charge in [0.25, 0.3) is 6.71 Å². The molecule has 2 aliphatic rings. The molecule has 0 unspecified atom stereocenters. The molecule has 0 aliphatic carbocycles. The molecule has 0 bridgehead atoms. The van der Waals surface area contributed by atoms with E-state index in [-0.39, 0.29) is 6.71 Å². The normalized spacial score (nSPS) is 12.3. The highest BCUT2D eigenvalue weighted by Gasteiger charge is 2.46. The highest BCUT2D eigenvalue weighted by atomic mass is 15.2. The van der Waals surface area contributed by atoms with Crippen molar-refractivity contribution in [3.63, 3.8) is 0 Å². The molecular formula is C94H84BN3. The van der Waals surface area contributed by atoms with Crippen LogP contribution in [0.4, 0.5) is 34.1 Å². The summed E-state index contributed by atoms with van der Waals surface area (Å²) in [5, 5.41) is 2.65. The molecule has 1 aromatic heterocycles. The predicted molar refractivity (Wildman–Crippen MR) is 422 cm³/mol. The van der Waals surface area contributed by atoms with Gasteiger partial charge in [-0.3, -0.25) is 0 Å². The van der Waals surface area contributed by atoms with Gasteiger partial charge in [0.05, 0.1) is 22.4 Å². The third-order valence-electron chi connectivity index (χ3n) is 20.8. The predicted octanol–water partition coefficient (Wildman–Crippen LogP) is 24.2. The SMILES string of the molecule is CCCCc1ccc2c(c1)N(c1c(-c3ccccc3)cc(-c3ccccc3)cc1-c1ccccc1)c1cc(CCCC)cc3c1B2c1ccc(-n2c4ccc(CCCC)cc4c4cc(CCCC)ccc42)cc1N3c1c(-c2ccccc2)cc(-c2ccccc2)cc1-c1ccccc1. The summed E-state index contributed by atoms with van der Waals surface area (Å²) in [5.74, 6) is 0. The minimum Gasteiger partial charge on any atom is -0.310 e. The Morgan fingerprint density at radius 3 is 0.959 bits per heavy atom. The van der Waals surface area contributed by atoms with Crippen molar-refractivity contribution in [3.8, 4) is 72.4 Å². The Labute approximate surface area is 580 Å². The molecule has 3 heterocycles. The molecule has 3 nitrogen and oxygen atoms in total. The first kappa shape index (κ1) is 62.2. The monoisotopic (exact) mass is 1270 g/mol. The number of nitrogens with zero attached hydrogens (tertiary/aromatic N) is 3. The molecule has 4 heteroatoms. The molecule has 14 aromatic rings. The fourth-order valence-electron chi connectivity index (χ4n) is 15.9. The van der Waals surface area contributed by atoms with Crippen molar-refractivity contribution in [2.24, 2.45) is 0 Å². The van der Waals surface area contributed by atoms with Crippen LogP contribution in [0.1, 0.15) is 101 Å². The van der Waals surface area contributed by atoms with Crippen LogP contribution in [0.5, 0.6) is 0 Å². The minimum atomic E-state index is -0.139. The summed E-state index contributed by atoms with van der Waals surface area (Å²) in [6.45, 7) is 9.13. The third kappa shape index (κ3) is 11.5. The molecule has 0 saturated heterocycles. The summed E-state index contributed by atoms with van der Waals surface area (Å²) >= 11 is 0. The van der Waals surface area contributed by atoms with Gasteiger partial charge < -0.3 is 14.4 Å². The summed E-state index contributed by atoms with van der Waals surface area (Å²) in [6.07, 6.45) is 13.1. The average molecular weight is 1270 g/mol. The van der Waals surface area contributed by atoms with E-state index in [0.29, 0.717) is 0 Å². The van der Waals surface area contributed by atoms with Crippen molar-refractivity contribution in [3.05, 3.63) is 313 Å². The molecular weight excluding hydrogens is 1180 g/mol. The van der Waals surface area contributed by atoms with E-state index in [4.69, 9.17) is 0 Å². The van der Waals surface area contributed by atoms with Gasteiger partial charge in [-0.15, -0.1) is 0 Å². The Morgan fingerprint density at radius 1 is 0.265 bits per heavy atom. The van der Waals surface area contributed by atoms with Gasteiger partial charge in [0.15, 0.2) is 0 Å². The molecule has 0 spiro atoms.